The molecule has 0 N–H and O–H groups in total. The Balaban J connectivity index is 1.93. The quantitative estimate of drug-likeness (QED) is 0.781. The summed E-state index contributed by atoms with van der Waals surface area (Å²) in [7, 11) is 0. The van der Waals surface area contributed by atoms with Gasteiger partial charge in [-0.05, 0) is 37.5 Å². The van der Waals surface area contributed by atoms with E-state index in [1.807, 2.05) is 31.2 Å². The Kier molecular flexibility index (Phi) is 4.16. The molecule has 2 aromatic rings. The molecule has 2 aromatic carbocycles. The van der Waals surface area contributed by atoms with E-state index in [9.17, 15) is 9.18 Å². The first-order chi connectivity index (χ1) is 10.6. The van der Waals surface area contributed by atoms with E-state index in [2.05, 4.69) is 0 Å². The maximum Gasteiger partial charge on any atom is 0.258 e. The number of carbonyl (C=O) groups excluding carboxylic acids is 1. The van der Waals surface area contributed by atoms with E-state index in [0.29, 0.717) is 6.54 Å². The summed E-state index contributed by atoms with van der Waals surface area (Å²) in [6, 6.07) is 12.5. The molecule has 0 saturated carbocycles. The first kappa shape index (κ1) is 15.0. The second-order valence-corrected chi connectivity index (χ2v) is 6.07. The zero-order valence-electron chi connectivity index (χ0n) is 12.4. The molecular weight excluding hydrogens is 301 g/mol. The largest absolute Gasteiger partial charge is 0.331 e. The molecule has 4 heteroatoms. The Hall–Kier alpha value is -1.87. The van der Waals surface area contributed by atoms with Gasteiger partial charge in [0, 0.05) is 6.54 Å². The molecule has 0 radical (unpaired) electrons. The monoisotopic (exact) mass is 317 g/mol. The summed E-state index contributed by atoms with van der Waals surface area (Å²) in [4.78, 5) is 14.5. The van der Waals surface area contributed by atoms with Crippen molar-refractivity contribution >= 4 is 17.5 Å². The Bertz CT molecular complexity index is 678. The van der Waals surface area contributed by atoms with E-state index in [1.54, 1.807) is 11.0 Å². The van der Waals surface area contributed by atoms with Crippen molar-refractivity contribution in [2.24, 2.45) is 0 Å². The van der Waals surface area contributed by atoms with Gasteiger partial charge in [-0.25, -0.2) is 4.39 Å². The minimum Gasteiger partial charge on any atom is -0.331 e. The standard InChI is InChI=1S/C18H17ClFNO/c1-12-7-9-13(10-8-12)16-6-3-11-21(16)18(22)17-14(19)4-2-5-15(17)20/h2,4-5,7-10,16H,3,6,11H2,1H3. The molecule has 3 rings (SSSR count). The number of aryl methyl sites for hydroxylation is 1. The zero-order valence-corrected chi connectivity index (χ0v) is 13.1. The van der Waals surface area contributed by atoms with Crippen LogP contribution in [0, 0.1) is 12.7 Å². The molecule has 0 aliphatic carbocycles. The van der Waals surface area contributed by atoms with Crippen LogP contribution >= 0.6 is 11.6 Å². The third-order valence-electron chi connectivity index (χ3n) is 4.15. The van der Waals surface area contributed by atoms with Crippen LogP contribution < -0.4 is 0 Å². The van der Waals surface area contributed by atoms with Crippen LogP contribution in [0.25, 0.3) is 0 Å². The van der Waals surface area contributed by atoms with Crippen molar-refractivity contribution in [2.75, 3.05) is 6.54 Å². The number of hydrogen-bond acceptors (Lipinski definition) is 1. The van der Waals surface area contributed by atoms with Gasteiger partial charge in [0.1, 0.15) is 5.82 Å². The number of likely N-dealkylation sites (tertiary alicyclic amines) is 1. The van der Waals surface area contributed by atoms with E-state index in [0.717, 1.165) is 18.4 Å². The van der Waals surface area contributed by atoms with Crippen molar-refractivity contribution in [1.29, 1.82) is 0 Å². The third-order valence-corrected chi connectivity index (χ3v) is 4.47. The van der Waals surface area contributed by atoms with Crippen molar-refractivity contribution in [3.05, 3.63) is 70.0 Å². The Labute approximate surface area is 134 Å². The van der Waals surface area contributed by atoms with Gasteiger partial charge in [-0.3, -0.25) is 4.79 Å². The average Bonchev–Trinajstić information content (AvgIpc) is 2.97. The topological polar surface area (TPSA) is 20.3 Å². The molecule has 1 heterocycles. The van der Waals surface area contributed by atoms with Gasteiger partial charge in [-0.2, -0.15) is 0 Å². The van der Waals surface area contributed by atoms with Gasteiger partial charge in [-0.15, -0.1) is 0 Å². The number of benzene rings is 2. The van der Waals surface area contributed by atoms with Crippen LogP contribution in [0.15, 0.2) is 42.5 Å². The van der Waals surface area contributed by atoms with Crippen molar-refractivity contribution < 1.29 is 9.18 Å². The molecule has 22 heavy (non-hydrogen) atoms. The van der Waals surface area contributed by atoms with Crippen LogP contribution in [0.3, 0.4) is 0 Å². The van der Waals surface area contributed by atoms with Gasteiger partial charge in [0.05, 0.1) is 16.6 Å². The number of nitrogens with zero attached hydrogens (tertiary/aromatic N) is 1. The molecule has 1 atom stereocenters. The predicted molar refractivity (Wildman–Crippen MR) is 85.6 cm³/mol. The molecule has 1 saturated heterocycles. The zero-order chi connectivity index (χ0) is 15.7. The summed E-state index contributed by atoms with van der Waals surface area (Å²) in [6.07, 6.45) is 1.80. The fraction of sp³-hybridized carbons (Fsp3) is 0.278. The SMILES string of the molecule is Cc1ccc(C2CCCN2C(=O)c2c(F)cccc2Cl)cc1. The van der Waals surface area contributed by atoms with Crippen LogP contribution in [-0.4, -0.2) is 17.4 Å². The molecule has 1 amide bonds. The lowest BCUT2D eigenvalue weighted by molar-refractivity contribution is 0.0731. The second kappa shape index (κ2) is 6.09. The lowest BCUT2D eigenvalue weighted by Gasteiger charge is -2.26. The second-order valence-electron chi connectivity index (χ2n) is 5.66. The summed E-state index contributed by atoms with van der Waals surface area (Å²) >= 11 is 6.03. The number of halogens is 2. The lowest BCUT2D eigenvalue weighted by Crippen LogP contribution is -2.31. The molecule has 1 aliphatic heterocycles. The van der Waals surface area contributed by atoms with E-state index in [1.165, 1.54) is 17.7 Å². The molecule has 1 unspecified atom stereocenters. The fourth-order valence-electron chi connectivity index (χ4n) is 2.99. The van der Waals surface area contributed by atoms with Gasteiger partial charge < -0.3 is 4.90 Å². The van der Waals surface area contributed by atoms with Crippen molar-refractivity contribution in [3.63, 3.8) is 0 Å². The highest BCUT2D eigenvalue weighted by Crippen LogP contribution is 2.34. The minimum atomic E-state index is -0.563. The summed E-state index contributed by atoms with van der Waals surface area (Å²) < 4.78 is 14.0. The first-order valence-electron chi connectivity index (χ1n) is 7.39. The third kappa shape index (κ3) is 2.73. The van der Waals surface area contributed by atoms with E-state index < -0.39 is 5.82 Å². The molecule has 2 nitrogen and oxygen atoms in total. The number of hydrogen-bond donors (Lipinski definition) is 0. The van der Waals surface area contributed by atoms with Gasteiger partial charge in [0.15, 0.2) is 0 Å². The summed E-state index contributed by atoms with van der Waals surface area (Å²) in [5, 5.41) is 0.166. The Morgan fingerprint density at radius 3 is 2.64 bits per heavy atom. The fourth-order valence-corrected chi connectivity index (χ4v) is 3.23. The van der Waals surface area contributed by atoms with Gasteiger partial charge >= 0.3 is 0 Å². The molecule has 1 fully saturated rings. The molecule has 114 valence electrons. The van der Waals surface area contributed by atoms with Crippen LogP contribution in [0.5, 0.6) is 0 Å². The molecule has 1 aliphatic rings. The maximum absolute atomic E-state index is 14.0. The van der Waals surface area contributed by atoms with Crippen molar-refractivity contribution in [3.8, 4) is 0 Å². The lowest BCUT2D eigenvalue weighted by atomic mass is 10.0. The normalized spacial score (nSPS) is 17.8. The maximum atomic E-state index is 14.0. The van der Waals surface area contributed by atoms with Gasteiger partial charge in [0.25, 0.3) is 5.91 Å². The predicted octanol–water partition coefficient (Wildman–Crippen LogP) is 4.76. The molecule has 0 aromatic heterocycles. The number of rotatable bonds is 2. The average molecular weight is 318 g/mol. The highest BCUT2D eigenvalue weighted by molar-refractivity contribution is 6.33. The smallest absolute Gasteiger partial charge is 0.258 e. The minimum absolute atomic E-state index is 0.0104. The Morgan fingerprint density at radius 1 is 1.23 bits per heavy atom. The summed E-state index contributed by atoms with van der Waals surface area (Å²) in [5.74, 6) is -0.891. The van der Waals surface area contributed by atoms with Crippen LogP contribution in [0.2, 0.25) is 5.02 Å². The first-order valence-corrected chi connectivity index (χ1v) is 7.77. The molecule has 0 bridgehead atoms. The summed E-state index contributed by atoms with van der Waals surface area (Å²) in [6.45, 7) is 2.66. The van der Waals surface area contributed by atoms with E-state index in [4.69, 9.17) is 11.6 Å². The number of amides is 1. The highest BCUT2D eigenvalue weighted by Gasteiger charge is 2.32. The Morgan fingerprint density at radius 2 is 1.95 bits per heavy atom. The molecule has 0 spiro atoms. The molecular formula is C18H17ClFNO. The van der Waals surface area contributed by atoms with Gasteiger partial charge in [-0.1, -0.05) is 47.5 Å². The van der Waals surface area contributed by atoms with E-state index >= 15 is 0 Å². The number of carbonyl (C=O) groups is 1. The van der Waals surface area contributed by atoms with Crippen LogP contribution in [-0.2, 0) is 0 Å². The van der Waals surface area contributed by atoms with Crippen LogP contribution in [0.1, 0.15) is 40.4 Å². The van der Waals surface area contributed by atoms with E-state index in [-0.39, 0.29) is 22.5 Å². The van der Waals surface area contributed by atoms with Crippen LogP contribution in [0.4, 0.5) is 4.39 Å². The summed E-state index contributed by atoms with van der Waals surface area (Å²) in [5.41, 5.74) is 2.24. The van der Waals surface area contributed by atoms with Crippen molar-refractivity contribution in [2.45, 2.75) is 25.8 Å². The van der Waals surface area contributed by atoms with Crippen molar-refractivity contribution in [1.82, 2.24) is 4.90 Å². The van der Waals surface area contributed by atoms with Gasteiger partial charge in [0.2, 0.25) is 0 Å². The highest BCUT2D eigenvalue weighted by atomic mass is 35.5.